The molecular formula is C34H49N9O6. The average molecular weight is 680 g/mol. The summed E-state index contributed by atoms with van der Waals surface area (Å²) < 4.78 is 10.5. The number of aromatic nitrogens is 2. The van der Waals surface area contributed by atoms with Crippen LogP contribution in [0.5, 0.6) is 0 Å². The first-order valence-corrected chi connectivity index (χ1v) is 16.3. The second-order valence-electron chi connectivity index (χ2n) is 13.4. The van der Waals surface area contributed by atoms with Gasteiger partial charge in [0.25, 0.3) is 5.91 Å². The number of benzene rings is 1. The third-order valence-corrected chi connectivity index (χ3v) is 6.57. The predicted molar refractivity (Wildman–Crippen MR) is 189 cm³/mol. The highest BCUT2D eigenvalue weighted by Crippen LogP contribution is 2.29. The molecule has 0 atom stereocenters. The van der Waals surface area contributed by atoms with E-state index in [-0.39, 0.29) is 18.2 Å². The fourth-order valence-electron chi connectivity index (χ4n) is 4.57. The molecule has 3 rings (SSSR count). The lowest BCUT2D eigenvalue weighted by Gasteiger charge is -2.24. The molecule has 0 saturated heterocycles. The fourth-order valence-corrected chi connectivity index (χ4v) is 4.57. The minimum atomic E-state index is -0.589. The van der Waals surface area contributed by atoms with E-state index in [0.717, 1.165) is 6.42 Å². The molecule has 0 fully saturated rings. The summed E-state index contributed by atoms with van der Waals surface area (Å²) in [5.41, 5.74) is 7.38. The van der Waals surface area contributed by atoms with Crippen LogP contribution in [-0.4, -0.2) is 88.6 Å². The molecule has 2 aromatic rings. The maximum absolute atomic E-state index is 13.6. The van der Waals surface area contributed by atoms with E-state index in [1.54, 1.807) is 70.7 Å². The molecule has 4 amide bonds. The van der Waals surface area contributed by atoms with Gasteiger partial charge in [0.2, 0.25) is 11.9 Å². The maximum atomic E-state index is 13.6. The summed E-state index contributed by atoms with van der Waals surface area (Å²) in [4.78, 5) is 65.0. The summed E-state index contributed by atoms with van der Waals surface area (Å²) in [6, 6.07) is 4.98. The number of nitrogens with one attached hydrogen (secondary N) is 4. The molecule has 1 aliphatic rings. The summed E-state index contributed by atoms with van der Waals surface area (Å²) in [6.07, 6.45) is 5.13. The van der Waals surface area contributed by atoms with Crippen molar-refractivity contribution in [2.24, 2.45) is 10.7 Å². The molecule has 0 saturated carbocycles. The highest BCUT2D eigenvalue weighted by molar-refractivity contribution is 6.07. The number of ether oxygens (including phenoxy) is 2. The standard InChI is InChI=1S/C34H49N9O6/c1-8-15-43(16-9-12-37-31(46)48-33(2,3)4)29(45)24-17-22-10-11-23(18-26(22)42-27(35)19-24)28(44)41-25-20-39-30(40-21-25)36-13-14-38-32(47)49-34(5,6)7/h10-11,17-18,20-21H,8-9,12-16,19H2,1-7H3,(H2,35,42)(H,37,46)(H,38,47)(H,41,44)(H,36,39,40). The van der Waals surface area contributed by atoms with E-state index in [1.165, 1.54) is 12.4 Å². The van der Waals surface area contributed by atoms with Crippen LogP contribution in [0, 0.1) is 0 Å². The minimum Gasteiger partial charge on any atom is -0.444 e. The van der Waals surface area contributed by atoms with Crippen LogP contribution in [0.3, 0.4) is 0 Å². The number of amidine groups is 1. The second-order valence-corrected chi connectivity index (χ2v) is 13.4. The number of carbonyl (C=O) groups excluding carboxylic acids is 4. The largest absolute Gasteiger partial charge is 0.444 e. The van der Waals surface area contributed by atoms with Crippen molar-refractivity contribution in [1.82, 2.24) is 25.5 Å². The zero-order valence-corrected chi connectivity index (χ0v) is 29.4. The molecule has 0 bridgehead atoms. The van der Waals surface area contributed by atoms with E-state index in [2.05, 4.69) is 36.2 Å². The molecule has 0 unspecified atom stereocenters. The Kier molecular flexibility index (Phi) is 13.5. The smallest absolute Gasteiger partial charge is 0.407 e. The Labute approximate surface area is 287 Å². The van der Waals surface area contributed by atoms with Gasteiger partial charge in [0.15, 0.2) is 0 Å². The van der Waals surface area contributed by atoms with Crippen molar-refractivity contribution in [3.8, 4) is 0 Å². The monoisotopic (exact) mass is 679 g/mol. The number of nitrogens with zero attached hydrogens (tertiary/aromatic N) is 4. The number of hydrogen-bond donors (Lipinski definition) is 5. The van der Waals surface area contributed by atoms with Crippen molar-refractivity contribution in [3.63, 3.8) is 0 Å². The zero-order valence-electron chi connectivity index (χ0n) is 29.4. The Morgan fingerprint density at radius 2 is 1.53 bits per heavy atom. The van der Waals surface area contributed by atoms with Crippen molar-refractivity contribution < 1.29 is 28.7 Å². The molecule has 15 heteroatoms. The molecule has 0 radical (unpaired) electrons. The molecule has 0 aliphatic carbocycles. The molecule has 15 nitrogen and oxygen atoms in total. The SMILES string of the molecule is CCCN(CCCNC(=O)OC(C)(C)C)C(=O)C1=Cc2ccc(C(=O)Nc3cnc(NCCNC(=O)OC(C)(C)C)nc3)cc2N=C(N)C1. The molecular weight excluding hydrogens is 630 g/mol. The number of fused-ring (bicyclic) bond motifs is 1. The minimum absolute atomic E-state index is 0.153. The lowest BCUT2D eigenvalue weighted by molar-refractivity contribution is -0.127. The Bertz CT molecular complexity index is 1540. The summed E-state index contributed by atoms with van der Waals surface area (Å²) in [5.74, 6) is 0.00734. The summed E-state index contributed by atoms with van der Waals surface area (Å²) >= 11 is 0. The lowest BCUT2D eigenvalue weighted by Crippen LogP contribution is -2.37. The van der Waals surface area contributed by atoms with Crippen LogP contribution in [0.4, 0.5) is 26.9 Å². The van der Waals surface area contributed by atoms with Gasteiger partial charge in [-0.1, -0.05) is 13.0 Å². The Balaban J connectivity index is 1.59. The van der Waals surface area contributed by atoms with Crippen molar-refractivity contribution in [2.75, 3.05) is 43.4 Å². The molecule has 6 N–H and O–H groups in total. The number of alkyl carbamates (subject to hydrolysis) is 2. The molecule has 1 aromatic carbocycles. The van der Waals surface area contributed by atoms with E-state index in [0.29, 0.717) is 73.2 Å². The molecule has 1 aliphatic heterocycles. The van der Waals surface area contributed by atoms with Crippen LogP contribution in [0.1, 0.15) is 83.7 Å². The van der Waals surface area contributed by atoms with E-state index >= 15 is 0 Å². The Hall–Kier alpha value is -5.21. The fraction of sp³-hybridized carbons (Fsp3) is 0.500. The van der Waals surface area contributed by atoms with Crippen LogP contribution in [0.2, 0.25) is 0 Å². The maximum Gasteiger partial charge on any atom is 0.407 e. The lowest BCUT2D eigenvalue weighted by atomic mass is 10.0. The number of nitrogens with two attached hydrogens (primary N) is 1. The number of amides is 4. The van der Waals surface area contributed by atoms with Crippen molar-refractivity contribution in [2.45, 2.75) is 78.9 Å². The second kappa shape index (κ2) is 17.3. The first-order chi connectivity index (χ1) is 23.0. The van der Waals surface area contributed by atoms with Crippen molar-refractivity contribution in [3.05, 3.63) is 47.3 Å². The molecule has 1 aromatic heterocycles. The van der Waals surface area contributed by atoms with E-state index in [1.807, 2.05) is 6.92 Å². The normalized spacial score (nSPS) is 12.7. The van der Waals surface area contributed by atoms with Gasteiger partial charge in [0.1, 0.15) is 17.0 Å². The van der Waals surface area contributed by atoms with Gasteiger partial charge in [0, 0.05) is 55.8 Å². The predicted octanol–water partition coefficient (Wildman–Crippen LogP) is 4.59. The van der Waals surface area contributed by atoms with E-state index in [9.17, 15) is 19.2 Å². The Morgan fingerprint density at radius 3 is 2.14 bits per heavy atom. The van der Waals surface area contributed by atoms with Gasteiger partial charge < -0.3 is 41.4 Å². The molecule has 266 valence electrons. The van der Waals surface area contributed by atoms with E-state index < -0.39 is 29.3 Å². The number of aliphatic imine (C=N–C) groups is 1. The van der Waals surface area contributed by atoms with Crippen LogP contribution >= 0.6 is 0 Å². The zero-order chi connectivity index (χ0) is 36.2. The topological polar surface area (TPSA) is 202 Å². The van der Waals surface area contributed by atoms with Crippen LogP contribution in [-0.2, 0) is 14.3 Å². The van der Waals surface area contributed by atoms with Crippen LogP contribution in [0.15, 0.2) is 41.2 Å². The first-order valence-electron chi connectivity index (χ1n) is 16.3. The first kappa shape index (κ1) is 38.2. The highest BCUT2D eigenvalue weighted by Gasteiger charge is 2.22. The van der Waals surface area contributed by atoms with Gasteiger partial charge in [-0.25, -0.2) is 24.5 Å². The summed E-state index contributed by atoms with van der Waals surface area (Å²) in [6.45, 7) is 14.8. The summed E-state index contributed by atoms with van der Waals surface area (Å²) in [7, 11) is 0. The van der Waals surface area contributed by atoms with Gasteiger partial charge in [-0.15, -0.1) is 0 Å². The molecule has 2 heterocycles. The van der Waals surface area contributed by atoms with Crippen molar-refractivity contribution in [1.29, 1.82) is 0 Å². The van der Waals surface area contributed by atoms with Gasteiger partial charge in [-0.2, -0.15) is 0 Å². The van der Waals surface area contributed by atoms with Crippen LogP contribution in [0.25, 0.3) is 6.08 Å². The number of carbonyl (C=O) groups is 4. The number of hydrogen-bond acceptors (Lipinski definition) is 11. The number of rotatable bonds is 13. The van der Waals surface area contributed by atoms with Gasteiger partial charge >= 0.3 is 12.2 Å². The molecule has 0 spiro atoms. The van der Waals surface area contributed by atoms with Gasteiger partial charge in [-0.05, 0) is 72.6 Å². The molecule has 49 heavy (non-hydrogen) atoms. The van der Waals surface area contributed by atoms with E-state index in [4.69, 9.17) is 15.2 Å². The number of anilines is 2. The third-order valence-electron chi connectivity index (χ3n) is 6.57. The third kappa shape index (κ3) is 13.4. The average Bonchev–Trinajstić information content (AvgIpc) is 3.17. The van der Waals surface area contributed by atoms with Crippen LogP contribution < -0.4 is 27.0 Å². The van der Waals surface area contributed by atoms with Gasteiger partial charge in [0.05, 0.1) is 23.8 Å². The quantitative estimate of drug-likeness (QED) is 0.186. The Morgan fingerprint density at radius 1 is 0.898 bits per heavy atom. The van der Waals surface area contributed by atoms with Crippen molar-refractivity contribution >= 4 is 53.2 Å². The highest BCUT2D eigenvalue weighted by atomic mass is 16.6. The van der Waals surface area contributed by atoms with Gasteiger partial charge in [-0.3, -0.25) is 9.59 Å². The summed E-state index contributed by atoms with van der Waals surface area (Å²) in [5, 5.41) is 11.1.